The van der Waals surface area contributed by atoms with Crippen molar-refractivity contribution >= 4 is 11.9 Å². The summed E-state index contributed by atoms with van der Waals surface area (Å²) in [7, 11) is 0. The van der Waals surface area contributed by atoms with Crippen molar-refractivity contribution in [3.05, 3.63) is 11.6 Å². The lowest BCUT2D eigenvalue weighted by Gasteiger charge is -2.61. The highest BCUT2D eigenvalue weighted by atomic mass is 16.7. The van der Waals surface area contributed by atoms with Gasteiger partial charge in [0.25, 0.3) is 0 Å². The molecule has 3 aliphatic heterocycles. The largest absolute Gasteiger partial charge is 0.465 e. The molecule has 2 N–H and O–H groups in total. The second kappa shape index (κ2) is 4.93. The lowest BCUT2D eigenvalue weighted by molar-refractivity contribution is -0.166. The smallest absolute Gasteiger partial charge is 0.331 e. The predicted molar refractivity (Wildman–Crippen MR) is 91.3 cm³/mol. The van der Waals surface area contributed by atoms with Crippen LogP contribution in [0.3, 0.4) is 0 Å². The van der Waals surface area contributed by atoms with E-state index in [9.17, 15) is 19.8 Å². The summed E-state index contributed by atoms with van der Waals surface area (Å²) in [5.74, 6) is -1.01. The van der Waals surface area contributed by atoms with Gasteiger partial charge in [-0.15, -0.1) is 0 Å². The monoisotopic (exact) mass is 378 g/mol. The summed E-state index contributed by atoms with van der Waals surface area (Å²) in [6.07, 6.45) is 1.49. The fourth-order valence-corrected chi connectivity index (χ4v) is 6.89. The summed E-state index contributed by atoms with van der Waals surface area (Å²) in [6, 6.07) is 0. The van der Waals surface area contributed by atoms with Gasteiger partial charge in [0.05, 0.1) is 24.2 Å². The van der Waals surface area contributed by atoms with Crippen LogP contribution >= 0.6 is 0 Å². The zero-order valence-electron chi connectivity index (χ0n) is 15.9. The molecule has 5 rings (SSSR count). The van der Waals surface area contributed by atoms with Crippen molar-refractivity contribution in [2.75, 3.05) is 13.2 Å². The van der Waals surface area contributed by atoms with Crippen molar-refractivity contribution in [3.8, 4) is 0 Å². The van der Waals surface area contributed by atoms with Gasteiger partial charge >= 0.3 is 11.9 Å². The summed E-state index contributed by atoms with van der Waals surface area (Å²) in [6.45, 7) is 5.90. The molecular formula is C20H26O7. The van der Waals surface area contributed by atoms with E-state index in [1.54, 1.807) is 0 Å². The third-order valence-corrected chi connectivity index (χ3v) is 8.34. The summed E-state index contributed by atoms with van der Waals surface area (Å²) in [5.41, 5.74) is -1.95. The number of carbonyl (C=O) groups excluding carboxylic acids is 2. The number of cyclic esters (lactones) is 2. The third-order valence-electron chi connectivity index (χ3n) is 8.34. The van der Waals surface area contributed by atoms with Gasteiger partial charge in [-0.05, 0) is 31.8 Å². The van der Waals surface area contributed by atoms with Crippen LogP contribution in [-0.4, -0.2) is 59.3 Å². The number of aliphatic hydroxyl groups excluding tert-OH is 2. The van der Waals surface area contributed by atoms with Gasteiger partial charge in [0, 0.05) is 29.4 Å². The van der Waals surface area contributed by atoms with Crippen LogP contribution in [-0.2, 0) is 23.8 Å². The molecule has 8 unspecified atom stereocenters. The van der Waals surface area contributed by atoms with Gasteiger partial charge in [-0.25, -0.2) is 4.79 Å². The van der Waals surface area contributed by atoms with Crippen LogP contribution in [0.2, 0.25) is 0 Å². The van der Waals surface area contributed by atoms with Gasteiger partial charge in [0.2, 0.25) is 0 Å². The second-order valence-electron chi connectivity index (χ2n) is 9.56. The predicted octanol–water partition coefficient (Wildman–Crippen LogP) is 0.718. The quantitative estimate of drug-likeness (QED) is 0.539. The van der Waals surface area contributed by atoms with E-state index < -0.39 is 40.0 Å². The molecular weight excluding hydrogens is 352 g/mol. The molecule has 3 heterocycles. The third kappa shape index (κ3) is 1.75. The molecule has 7 heteroatoms. The Morgan fingerprint density at radius 2 is 1.93 bits per heavy atom. The molecule has 2 aliphatic carbocycles. The number of esters is 2. The molecule has 2 saturated heterocycles. The molecule has 0 bridgehead atoms. The Morgan fingerprint density at radius 3 is 2.63 bits per heavy atom. The van der Waals surface area contributed by atoms with Crippen LogP contribution in [0.15, 0.2) is 11.6 Å². The second-order valence-corrected chi connectivity index (χ2v) is 9.56. The Hall–Kier alpha value is -1.44. The minimum Gasteiger partial charge on any atom is -0.465 e. The van der Waals surface area contributed by atoms with E-state index in [0.717, 1.165) is 5.57 Å². The van der Waals surface area contributed by atoms with Crippen LogP contribution in [0.25, 0.3) is 0 Å². The minimum absolute atomic E-state index is 0.118. The normalized spacial score (nSPS) is 53.8. The van der Waals surface area contributed by atoms with Gasteiger partial charge in [-0.2, -0.15) is 0 Å². The number of carbonyl (C=O) groups is 2. The van der Waals surface area contributed by atoms with Crippen LogP contribution in [0.5, 0.6) is 0 Å². The number of fused-ring (bicyclic) bond motifs is 1. The molecule has 0 amide bonds. The Morgan fingerprint density at radius 1 is 1.22 bits per heavy atom. The number of hydrogen-bond donors (Lipinski definition) is 2. The van der Waals surface area contributed by atoms with E-state index >= 15 is 0 Å². The van der Waals surface area contributed by atoms with Crippen molar-refractivity contribution in [3.63, 3.8) is 0 Å². The summed E-state index contributed by atoms with van der Waals surface area (Å²) in [4.78, 5) is 25.2. The van der Waals surface area contributed by atoms with E-state index in [-0.39, 0.29) is 31.2 Å². The Labute approximate surface area is 157 Å². The Balaban J connectivity index is 1.70. The van der Waals surface area contributed by atoms with Gasteiger partial charge in [0.1, 0.15) is 6.10 Å². The summed E-state index contributed by atoms with van der Waals surface area (Å²) in [5, 5.41) is 20.4. The lowest BCUT2D eigenvalue weighted by Crippen LogP contribution is -2.65. The SMILES string of the molecule is CC(CO)C1OC(=O)C=C2C13OC3CC13COC(=O)C1(C)CC(O)CC23C. The highest BCUT2D eigenvalue weighted by Gasteiger charge is 2.83. The van der Waals surface area contributed by atoms with Crippen molar-refractivity contribution in [2.45, 2.75) is 63.9 Å². The maximum absolute atomic E-state index is 12.7. The topological polar surface area (TPSA) is 106 Å². The fraction of sp³-hybridized carbons (Fsp3) is 0.800. The maximum atomic E-state index is 12.7. The summed E-state index contributed by atoms with van der Waals surface area (Å²) >= 11 is 0. The molecule has 8 atom stereocenters. The van der Waals surface area contributed by atoms with Crippen LogP contribution in [0.1, 0.15) is 40.0 Å². The molecule has 148 valence electrons. The number of ether oxygens (including phenoxy) is 3. The number of epoxide rings is 1. The van der Waals surface area contributed by atoms with Gasteiger partial charge < -0.3 is 24.4 Å². The first-order chi connectivity index (χ1) is 12.6. The summed E-state index contributed by atoms with van der Waals surface area (Å²) < 4.78 is 17.4. The van der Waals surface area contributed by atoms with Crippen molar-refractivity contribution < 1.29 is 34.0 Å². The number of hydrogen-bond acceptors (Lipinski definition) is 7. The first kappa shape index (κ1) is 17.6. The maximum Gasteiger partial charge on any atom is 0.331 e. The van der Waals surface area contributed by atoms with Crippen LogP contribution in [0.4, 0.5) is 0 Å². The molecule has 2 saturated carbocycles. The number of rotatable bonds is 2. The zero-order valence-corrected chi connectivity index (χ0v) is 15.9. The van der Waals surface area contributed by atoms with Gasteiger partial charge in [-0.3, -0.25) is 4.79 Å². The highest BCUT2D eigenvalue weighted by molar-refractivity contribution is 5.87. The molecule has 0 radical (unpaired) electrons. The van der Waals surface area contributed by atoms with E-state index in [0.29, 0.717) is 19.3 Å². The lowest BCUT2D eigenvalue weighted by atomic mass is 9.39. The van der Waals surface area contributed by atoms with Gasteiger partial charge in [0.15, 0.2) is 5.60 Å². The average molecular weight is 378 g/mol. The molecule has 7 nitrogen and oxygen atoms in total. The minimum atomic E-state index is -0.822. The van der Waals surface area contributed by atoms with Gasteiger partial charge in [-0.1, -0.05) is 13.8 Å². The van der Waals surface area contributed by atoms with Crippen LogP contribution < -0.4 is 0 Å². The van der Waals surface area contributed by atoms with Crippen molar-refractivity contribution in [1.82, 2.24) is 0 Å². The van der Waals surface area contributed by atoms with Crippen molar-refractivity contribution in [2.24, 2.45) is 22.2 Å². The number of aliphatic hydroxyl groups is 2. The highest BCUT2D eigenvalue weighted by Crippen LogP contribution is 2.77. The molecule has 5 aliphatic rings. The molecule has 2 spiro atoms. The average Bonchev–Trinajstić information content (AvgIpc) is 3.25. The standard InChI is InChI=1S/C20H26O7/c1-10(8-21)15-20-12(4-14(23)26-15)17(2)5-11(22)6-18(3)16(24)25-9-19(17,18)7-13(20)27-20/h4,10-11,13,15,21-22H,5-9H2,1-3H3. The zero-order chi connectivity index (χ0) is 19.4. The van der Waals surface area contributed by atoms with E-state index in [2.05, 4.69) is 0 Å². The first-order valence-corrected chi connectivity index (χ1v) is 9.72. The van der Waals surface area contributed by atoms with E-state index in [1.165, 1.54) is 6.08 Å². The fourth-order valence-electron chi connectivity index (χ4n) is 6.89. The van der Waals surface area contributed by atoms with E-state index in [1.807, 2.05) is 20.8 Å². The Bertz CT molecular complexity index is 776. The van der Waals surface area contributed by atoms with Crippen LogP contribution in [0, 0.1) is 22.2 Å². The van der Waals surface area contributed by atoms with Crippen molar-refractivity contribution in [1.29, 1.82) is 0 Å². The first-order valence-electron chi connectivity index (χ1n) is 9.72. The molecule has 0 aromatic heterocycles. The molecule has 0 aromatic rings. The molecule has 4 fully saturated rings. The Kier molecular flexibility index (Phi) is 3.22. The molecule has 0 aromatic carbocycles. The molecule has 27 heavy (non-hydrogen) atoms. The van der Waals surface area contributed by atoms with E-state index in [4.69, 9.17) is 14.2 Å².